The van der Waals surface area contributed by atoms with Crippen molar-refractivity contribution in [2.45, 2.75) is 22.3 Å². The molecule has 0 bridgehead atoms. The maximum atomic E-state index is 13.4. The Balaban J connectivity index is 1.79. The van der Waals surface area contributed by atoms with E-state index in [1.165, 1.54) is 24.4 Å². The first kappa shape index (κ1) is 16.9. The Bertz CT molecular complexity index is 1090. The van der Waals surface area contributed by atoms with Crippen LogP contribution in [0.2, 0.25) is 0 Å². The fourth-order valence-electron chi connectivity index (χ4n) is 3.26. The Morgan fingerprint density at radius 3 is 2.65 bits per heavy atom. The van der Waals surface area contributed by atoms with E-state index in [1.807, 2.05) is 17.0 Å². The van der Waals surface area contributed by atoms with Gasteiger partial charge >= 0.3 is 0 Å². The highest BCUT2D eigenvalue weighted by Gasteiger charge is 2.23. The SMILES string of the molecule is O=S(=O)(c1cccc(F)c1)c1cnc2c(N3CC[C@@H](O)C3)cccc2c1. The van der Waals surface area contributed by atoms with E-state index in [0.717, 1.165) is 18.3 Å². The average molecular weight is 372 g/mol. The predicted molar refractivity (Wildman–Crippen MR) is 96.4 cm³/mol. The summed E-state index contributed by atoms with van der Waals surface area (Å²) in [4.78, 5) is 6.33. The molecule has 1 atom stereocenters. The molecular formula is C19H17FN2O3S. The monoisotopic (exact) mass is 372 g/mol. The van der Waals surface area contributed by atoms with E-state index in [-0.39, 0.29) is 15.9 Å². The lowest BCUT2D eigenvalue weighted by molar-refractivity contribution is 0.198. The lowest BCUT2D eigenvalue weighted by Crippen LogP contribution is -2.21. The minimum absolute atomic E-state index is 0.0224. The molecule has 7 heteroatoms. The Hall–Kier alpha value is -2.51. The largest absolute Gasteiger partial charge is 0.391 e. The van der Waals surface area contributed by atoms with E-state index in [9.17, 15) is 17.9 Å². The molecule has 0 amide bonds. The number of nitrogens with zero attached hydrogens (tertiary/aromatic N) is 2. The van der Waals surface area contributed by atoms with E-state index in [4.69, 9.17) is 0 Å². The fourth-order valence-corrected chi connectivity index (χ4v) is 4.53. The normalized spacial score (nSPS) is 17.8. The van der Waals surface area contributed by atoms with Crippen LogP contribution in [0.15, 0.2) is 64.5 Å². The van der Waals surface area contributed by atoms with Crippen LogP contribution in [0.4, 0.5) is 10.1 Å². The summed E-state index contributed by atoms with van der Waals surface area (Å²) in [5.74, 6) is -0.602. The first-order valence-corrected chi connectivity index (χ1v) is 9.76. The first-order chi connectivity index (χ1) is 12.4. The number of anilines is 1. The Morgan fingerprint density at radius 1 is 1.12 bits per heavy atom. The lowest BCUT2D eigenvalue weighted by Gasteiger charge is -2.19. The second-order valence-corrected chi connectivity index (χ2v) is 8.32. The Kier molecular flexibility index (Phi) is 4.13. The summed E-state index contributed by atoms with van der Waals surface area (Å²) in [5.41, 5.74) is 1.55. The van der Waals surface area contributed by atoms with Gasteiger partial charge in [0, 0.05) is 24.7 Å². The summed E-state index contributed by atoms with van der Waals surface area (Å²) < 4.78 is 38.9. The van der Waals surface area contributed by atoms with Gasteiger partial charge in [-0.15, -0.1) is 0 Å². The maximum absolute atomic E-state index is 13.4. The van der Waals surface area contributed by atoms with Crippen LogP contribution in [-0.4, -0.2) is 37.7 Å². The highest BCUT2D eigenvalue weighted by molar-refractivity contribution is 7.91. The number of pyridine rings is 1. The predicted octanol–water partition coefficient (Wildman–Crippen LogP) is 2.78. The second kappa shape index (κ2) is 6.34. The molecule has 1 aliphatic rings. The van der Waals surface area contributed by atoms with E-state index in [2.05, 4.69) is 4.98 Å². The number of para-hydroxylation sites is 1. The van der Waals surface area contributed by atoms with Crippen LogP contribution < -0.4 is 4.90 Å². The molecule has 0 aliphatic carbocycles. The van der Waals surface area contributed by atoms with Gasteiger partial charge in [-0.25, -0.2) is 12.8 Å². The number of β-amino-alcohol motifs (C(OH)–C–C–N with tert-alkyl or cyclic N) is 1. The molecule has 134 valence electrons. The zero-order chi connectivity index (χ0) is 18.3. The van der Waals surface area contributed by atoms with Crippen LogP contribution in [-0.2, 0) is 9.84 Å². The molecule has 0 unspecified atom stereocenters. The lowest BCUT2D eigenvalue weighted by atomic mass is 10.2. The summed E-state index contributed by atoms with van der Waals surface area (Å²) in [6.07, 6.45) is 1.64. The Labute approximate surface area is 150 Å². The summed E-state index contributed by atoms with van der Waals surface area (Å²) >= 11 is 0. The molecule has 26 heavy (non-hydrogen) atoms. The van der Waals surface area contributed by atoms with E-state index >= 15 is 0 Å². The van der Waals surface area contributed by atoms with Crippen LogP contribution in [0.3, 0.4) is 0 Å². The third kappa shape index (κ3) is 2.93. The number of halogens is 1. The smallest absolute Gasteiger partial charge is 0.208 e. The van der Waals surface area contributed by atoms with Gasteiger partial charge in [0.2, 0.25) is 9.84 Å². The summed E-state index contributed by atoms with van der Waals surface area (Å²) in [6, 6.07) is 12.0. The highest BCUT2D eigenvalue weighted by atomic mass is 32.2. The van der Waals surface area contributed by atoms with Crippen LogP contribution in [0.5, 0.6) is 0 Å². The van der Waals surface area contributed by atoms with Gasteiger partial charge in [0.1, 0.15) is 5.82 Å². The van der Waals surface area contributed by atoms with Crippen LogP contribution >= 0.6 is 0 Å². The Morgan fingerprint density at radius 2 is 1.92 bits per heavy atom. The van der Waals surface area contributed by atoms with Crippen molar-refractivity contribution in [3.8, 4) is 0 Å². The minimum Gasteiger partial charge on any atom is -0.391 e. The molecule has 4 rings (SSSR count). The number of rotatable bonds is 3. The number of hydrogen-bond donors (Lipinski definition) is 1. The maximum Gasteiger partial charge on any atom is 0.208 e. The van der Waals surface area contributed by atoms with Crippen molar-refractivity contribution in [3.05, 3.63) is 60.5 Å². The van der Waals surface area contributed by atoms with Gasteiger partial charge in [0.05, 0.1) is 27.1 Å². The second-order valence-electron chi connectivity index (χ2n) is 6.37. The topological polar surface area (TPSA) is 70.5 Å². The van der Waals surface area contributed by atoms with Gasteiger partial charge in [-0.3, -0.25) is 4.98 Å². The molecule has 0 spiro atoms. The molecule has 3 aromatic rings. The molecule has 1 aromatic heterocycles. The van der Waals surface area contributed by atoms with Gasteiger partial charge in [-0.1, -0.05) is 18.2 Å². The zero-order valence-electron chi connectivity index (χ0n) is 13.8. The molecule has 1 saturated heterocycles. The first-order valence-electron chi connectivity index (χ1n) is 8.27. The van der Waals surface area contributed by atoms with E-state index < -0.39 is 15.7 Å². The van der Waals surface area contributed by atoms with Crippen molar-refractivity contribution >= 4 is 26.4 Å². The molecule has 0 saturated carbocycles. The number of aliphatic hydroxyl groups excluding tert-OH is 1. The van der Waals surface area contributed by atoms with Crippen LogP contribution in [0, 0.1) is 5.82 Å². The molecule has 5 nitrogen and oxygen atoms in total. The standard InChI is InChI=1S/C19H17FN2O3S/c20-14-4-2-5-16(10-14)26(24,25)17-9-13-3-1-6-18(19(13)21-11-17)22-8-7-15(23)12-22/h1-6,9-11,15,23H,7-8,12H2/t15-/m1/s1. The fraction of sp³-hybridized carbons (Fsp3) is 0.211. The van der Waals surface area contributed by atoms with Gasteiger partial charge in [0.15, 0.2) is 0 Å². The van der Waals surface area contributed by atoms with Gasteiger partial charge in [0.25, 0.3) is 0 Å². The van der Waals surface area contributed by atoms with Gasteiger partial charge in [-0.05, 0) is 36.8 Å². The summed E-state index contributed by atoms with van der Waals surface area (Å²) in [5, 5.41) is 10.4. The van der Waals surface area contributed by atoms with Gasteiger partial charge < -0.3 is 10.0 Å². The number of benzene rings is 2. The number of fused-ring (bicyclic) bond motifs is 1. The molecule has 2 aromatic carbocycles. The molecule has 0 radical (unpaired) electrons. The number of aromatic nitrogens is 1. The third-order valence-corrected chi connectivity index (χ3v) is 6.30. The minimum atomic E-state index is -3.85. The molecule has 1 fully saturated rings. The quantitative estimate of drug-likeness (QED) is 0.766. The molecule has 1 aliphatic heterocycles. The van der Waals surface area contributed by atoms with Gasteiger partial charge in [-0.2, -0.15) is 0 Å². The van der Waals surface area contributed by atoms with Crippen LogP contribution in [0.1, 0.15) is 6.42 Å². The van der Waals surface area contributed by atoms with Crippen molar-refractivity contribution in [2.24, 2.45) is 0 Å². The third-order valence-electron chi connectivity index (χ3n) is 4.59. The van der Waals surface area contributed by atoms with E-state index in [1.54, 1.807) is 12.1 Å². The number of sulfone groups is 1. The zero-order valence-corrected chi connectivity index (χ0v) is 14.7. The van der Waals surface area contributed by atoms with Crippen molar-refractivity contribution in [2.75, 3.05) is 18.0 Å². The highest BCUT2D eigenvalue weighted by Crippen LogP contribution is 2.30. The van der Waals surface area contributed by atoms with Crippen molar-refractivity contribution in [1.82, 2.24) is 4.98 Å². The average Bonchev–Trinajstić information content (AvgIpc) is 3.07. The van der Waals surface area contributed by atoms with E-state index in [0.29, 0.717) is 23.9 Å². The van der Waals surface area contributed by atoms with Crippen molar-refractivity contribution in [3.63, 3.8) is 0 Å². The molecule has 1 N–H and O–H groups in total. The van der Waals surface area contributed by atoms with Crippen molar-refractivity contribution < 1.29 is 17.9 Å². The summed E-state index contributed by atoms with van der Waals surface area (Å²) in [6.45, 7) is 1.26. The van der Waals surface area contributed by atoms with Crippen molar-refractivity contribution in [1.29, 1.82) is 0 Å². The molecule has 2 heterocycles. The number of hydrogen-bond acceptors (Lipinski definition) is 5. The van der Waals surface area contributed by atoms with Crippen LogP contribution in [0.25, 0.3) is 10.9 Å². The number of aliphatic hydroxyl groups is 1. The summed E-state index contributed by atoms with van der Waals surface area (Å²) in [7, 11) is -3.85. The molecular weight excluding hydrogens is 355 g/mol.